The minimum Gasteiger partial charge on any atom is -0.488 e. The number of ether oxygens (including phenoxy) is 1. The summed E-state index contributed by atoms with van der Waals surface area (Å²) < 4.78 is 11.5. The van der Waals surface area contributed by atoms with Crippen LogP contribution in [0.5, 0.6) is 5.75 Å². The summed E-state index contributed by atoms with van der Waals surface area (Å²) in [4.78, 5) is 7.09. The molecule has 2 bridgehead atoms. The fraction of sp³-hybridized carbons (Fsp3) is 0.500. The quantitative estimate of drug-likeness (QED) is 0.851. The van der Waals surface area contributed by atoms with Crippen molar-refractivity contribution < 1.29 is 14.3 Å². The van der Waals surface area contributed by atoms with Crippen molar-refractivity contribution in [3.8, 4) is 5.75 Å². The van der Waals surface area contributed by atoms with Crippen LogP contribution < -0.4 is 4.74 Å². The van der Waals surface area contributed by atoms with Gasteiger partial charge in [0, 0.05) is 36.2 Å². The van der Waals surface area contributed by atoms with E-state index in [4.69, 9.17) is 9.15 Å². The summed E-state index contributed by atoms with van der Waals surface area (Å²) in [5.74, 6) is 0.774. The Labute approximate surface area is 151 Å². The Balaban J connectivity index is 0.00000146. The third kappa shape index (κ3) is 2.16. The van der Waals surface area contributed by atoms with Gasteiger partial charge in [-0.15, -0.1) is 17.0 Å². The number of hydrogen-bond acceptors (Lipinski definition) is 5. The predicted octanol–water partition coefficient (Wildman–Crippen LogP) is 2.93. The maximum absolute atomic E-state index is 11.2. The number of aromatic nitrogens is 1. The van der Waals surface area contributed by atoms with Crippen molar-refractivity contribution in [1.29, 1.82) is 0 Å². The SMILES string of the molecule is Br.OC(c1ccoc1)C1c2ncccc2OC2CC[N@@]3CC[C@@]21C3. The summed E-state index contributed by atoms with van der Waals surface area (Å²) in [7, 11) is 0. The molecule has 3 aliphatic rings. The first-order valence-corrected chi connectivity index (χ1v) is 8.32. The standard InChI is InChI=1S/C18H20N2O3.BrH/c21-17(12-4-9-22-10-12)15-16-13(2-1-6-19-16)23-14-3-7-20-8-5-18(14,15)11-20;/h1-2,4,6,9-10,14-15,17,21H,3,5,7-8,11H2;1H/t14?,15?,17?,18-;/m1./s1. The number of nitrogens with zero attached hydrogens (tertiary/aromatic N) is 2. The molecule has 6 heteroatoms. The molecule has 0 amide bonds. The van der Waals surface area contributed by atoms with Crippen LogP contribution in [-0.2, 0) is 0 Å². The highest BCUT2D eigenvalue weighted by Gasteiger charge is 2.59. The van der Waals surface area contributed by atoms with Crippen molar-refractivity contribution in [3.63, 3.8) is 0 Å². The number of rotatable bonds is 2. The normalized spacial score (nSPS) is 34.5. The second-order valence-electron chi connectivity index (χ2n) is 7.02. The Hall–Kier alpha value is -1.37. The predicted molar refractivity (Wildman–Crippen MR) is 93.5 cm³/mol. The molecule has 5 rings (SSSR count). The molecule has 5 heterocycles. The number of aliphatic hydroxyl groups is 1. The summed E-state index contributed by atoms with van der Waals surface area (Å²) in [5.41, 5.74) is 1.66. The fourth-order valence-corrected chi connectivity index (χ4v) is 4.87. The Morgan fingerprint density at radius 3 is 3.08 bits per heavy atom. The van der Waals surface area contributed by atoms with E-state index in [1.54, 1.807) is 18.7 Å². The van der Waals surface area contributed by atoms with Crippen molar-refractivity contribution in [3.05, 3.63) is 48.2 Å². The maximum atomic E-state index is 11.2. The second kappa shape index (κ2) is 5.86. The Morgan fingerprint density at radius 2 is 2.25 bits per heavy atom. The molecule has 0 saturated carbocycles. The zero-order valence-electron chi connectivity index (χ0n) is 13.3. The largest absolute Gasteiger partial charge is 0.488 e. The lowest BCUT2D eigenvalue weighted by Gasteiger charge is -2.50. The number of aliphatic hydroxyl groups excluding tert-OH is 1. The number of piperidine rings is 1. The summed E-state index contributed by atoms with van der Waals surface area (Å²) in [6.45, 7) is 3.14. The number of fused-ring (bicyclic) bond motifs is 2. The van der Waals surface area contributed by atoms with E-state index in [0.29, 0.717) is 0 Å². The highest BCUT2D eigenvalue weighted by Crippen LogP contribution is 2.58. The van der Waals surface area contributed by atoms with E-state index in [-0.39, 0.29) is 34.4 Å². The molecule has 0 aliphatic carbocycles. The Bertz CT molecular complexity index is 723. The molecule has 0 radical (unpaired) electrons. The van der Waals surface area contributed by atoms with Gasteiger partial charge in [-0.3, -0.25) is 4.98 Å². The third-order valence-corrected chi connectivity index (χ3v) is 5.94. The molecule has 1 spiro atoms. The van der Waals surface area contributed by atoms with Crippen LogP contribution in [0.3, 0.4) is 0 Å². The monoisotopic (exact) mass is 392 g/mol. The molecule has 5 atom stereocenters. The van der Waals surface area contributed by atoms with Gasteiger partial charge >= 0.3 is 0 Å². The zero-order valence-corrected chi connectivity index (χ0v) is 15.0. The van der Waals surface area contributed by atoms with Crippen molar-refractivity contribution in [2.24, 2.45) is 5.41 Å². The van der Waals surface area contributed by atoms with Crippen LogP contribution in [0, 0.1) is 5.41 Å². The first-order chi connectivity index (χ1) is 11.3. The van der Waals surface area contributed by atoms with Gasteiger partial charge < -0.3 is 19.2 Å². The highest BCUT2D eigenvalue weighted by atomic mass is 79.9. The van der Waals surface area contributed by atoms with Gasteiger partial charge in [-0.1, -0.05) is 0 Å². The van der Waals surface area contributed by atoms with E-state index < -0.39 is 6.10 Å². The summed E-state index contributed by atoms with van der Waals surface area (Å²) >= 11 is 0. The molecule has 3 aliphatic heterocycles. The summed E-state index contributed by atoms with van der Waals surface area (Å²) in [5, 5.41) is 11.2. The van der Waals surface area contributed by atoms with Crippen LogP contribution in [0.2, 0.25) is 0 Å². The number of halogens is 1. The lowest BCUT2D eigenvalue weighted by atomic mass is 9.63. The molecular weight excluding hydrogens is 372 g/mol. The van der Waals surface area contributed by atoms with E-state index in [9.17, 15) is 5.11 Å². The molecule has 3 unspecified atom stereocenters. The fourth-order valence-electron chi connectivity index (χ4n) is 4.87. The first-order valence-electron chi connectivity index (χ1n) is 8.32. The van der Waals surface area contributed by atoms with Crippen LogP contribution in [0.4, 0.5) is 0 Å². The zero-order chi connectivity index (χ0) is 15.4. The molecule has 2 fully saturated rings. The average molecular weight is 393 g/mol. The lowest BCUT2D eigenvalue weighted by Crippen LogP contribution is -2.54. The number of hydrogen-bond donors (Lipinski definition) is 1. The molecule has 2 aromatic rings. The van der Waals surface area contributed by atoms with Crippen molar-refractivity contribution in [2.45, 2.75) is 31.0 Å². The number of furan rings is 1. The second-order valence-corrected chi connectivity index (χ2v) is 7.02. The molecule has 128 valence electrons. The molecule has 2 saturated heterocycles. The van der Waals surface area contributed by atoms with Gasteiger partial charge in [0.15, 0.2) is 0 Å². The van der Waals surface area contributed by atoms with Crippen LogP contribution in [0.1, 0.15) is 36.1 Å². The highest BCUT2D eigenvalue weighted by molar-refractivity contribution is 8.93. The summed E-state index contributed by atoms with van der Waals surface area (Å²) in [6, 6.07) is 5.73. The lowest BCUT2D eigenvalue weighted by molar-refractivity contribution is -0.0598. The molecule has 2 aromatic heterocycles. The van der Waals surface area contributed by atoms with Crippen LogP contribution in [0.25, 0.3) is 0 Å². The van der Waals surface area contributed by atoms with Crippen molar-refractivity contribution in [2.75, 3.05) is 19.6 Å². The molecule has 0 aromatic carbocycles. The Kier molecular flexibility index (Phi) is 3.94. The van der Waals surface area contributed by atoms with Gasteiger partial charge in [0.05, 0.1) is 24.3 Å². The maximum Gasteiger partial charge on any atom is 0.141 e. The van der Waals surface area contributed by atoms with Gasteiger partial charge in [-0.05, 0) is 37.6 Å². The first kappa shape index (κ1) is 16.1. The van der Waals surface area contributed by atoms with Gasteiger partial charge in [-0.25, -0.2) is 0 Å². The van der Waals surface area contributed by atoms with Crippen molar-refractivity contribution >= 4 is 17.0 Å². The molecule has 1 N–H and O–H groups in total. The number of pyridine rings is 1. The van der Waals surface area contributed by atoms with E-state index in [1.165, 1.54) is 0 Å². The topological polar surface area (TPSA) is 58.7 Å². The van der Waals surface area contributed by atoms with E-state index in [0.717, 1.165) is 49.5 Å². The van der Waals surface area contributed by atoms with Gasteiger partial charge in [-0.2, -0.15) is 0 Å². The molecular formula is C18H21BrN2O3. The Morgan fingerprint density at radius 1 is 1.33 bits per heavy atom. The third-order valence-electron chi connectivity index (χ3n) is 5.94. The van der Waals surface area contributed by atoms with Gasteiger partial charge in [0.1, 0.15) is 11.9 Å². The molecule has 5 nitrogen and oxygen atoms in total. The smallest absolute Gasteiger partial charge is 0.141 e. The van der Waals surface area contributed by atoms with Gasteiger partial charge in [0.25, 0.3) is 0 Å². The van der Waals surface area contributed by atoms with E-state index >= 15 is 0 Å². The minimum absolute atomic E-state index is 0. The van der Waals surface area contributed by atoms with Crippen LogP contribution in [0.15, 0.2) is 41.3 Å². The van der Waals surface area contributed by atoms with Gasteiger partial charge in [0.2, 0.25) is 0 Å². The average Bonchev–Trinajstić information content (AvgIpc) is 3.21. The molecule has 24 heavy (non-hydrogen) atoms. The van der Waals surface area contributed by atoms with Crippen molar-refractivity contribution in [1.82, 2.24) is 9.88 Å². The van der Waals surface area contributed by atoms with E-state index in [1.807, 2.05) is 18.2 Å². The summed E-state index contributed by atoms with van der Waals surface area (Å²) in [6.07, 6.45) is 6.66. The minimum atomic E-state index is -0.619. The van der Waals surface area contributed by atoms with Crippen LogP contribution >= 0.6 is 17.0 Å². The van der Waals surface area contributed by atoms with Crippen LogP contribution in [-0.4, -0.2) is 40.7 Å². The van der Waals surface area contributed by atoms with E-state index in [2.05, 4.69) is 9.88 Å².